The van der Waals surface area contributed by atoms with Gasteiger partial charge < -0.3 is 4.98 Å². The summed E-state index contributed by atoms with van der Waals surface area (Å²) in [7, 11) is 0. The number of nitriles is 1. The number of aromatic nitrogens is 1. The Balaban J connectivity index is 2.69. The zero-order valence-corrected chi connectivity index (χ0v) is 9.85. The highest BCUT2D eigenvalue weighted by molar-refractivity contribution is 9.10. The fraction of sp³-hybridized carbons (Fsp3) is 0. The molecule has 0 unspecified atom stereocenters. The normalized spacial score (nSPS) is 9.87. The number of hydrogen-bond acceptors (Lipinski definition) is 3. The maximum atomic E-state index is 11.4. The molecule has 0 amide bonds. The van der Waals surface area contributed by atoms with Crippen LogP contribution < -0.4 is 5.56 Å². The SMILES string of the molecule is N#Cc1c(-c2cc(Br)cs2)cc[nH]c1=O. The number of nitrogens with zero attached hydrogens (tertiary/aromatic N) is 1. The zero-order chi connectivity index (χ0) is 10.8. The summed E-state index contributed by atoms with van der Waals surface area (Å²) in [4.78, 5) is 14.8. The first-order valence-corrected chi connectivity index (χ1v) is 5.76. The molecule has 0 aliphatic heterocycles. The summed E-state index contributed by atoms with van der Waals surface area (Å²) in [6.07, 6.45) is 1.55. The van der Waals surface area contributed by atoms with Crippen molar-refractivity contribution in [1.29, 1.82) is 5.26 Å². The van der Waals surface area contributed by atoms with Crippen molar-refractivity contribution < 1.29 is 0 Å². The first kappa shape index (κ1) is 10.1. The van der Waals surface area contributed by atoms with Gasteiger partial charge >= 0.3 is 0 Å². The van der Waals surface area contributed by atoms with E-state index in [0.717, 1.165) is 9.35 Å². The second-order valence-electron chi connectivity index (χ2n) is 2.84. The largest absolute Gasteiger partial charge is 0.328 e. The molecule has 0 aliphatic rings. The van der Waals surface area contributed by atoms with Crippen LogP contribution in [-0.4, -0.2) is 4.98 Å². The topological polar surface area (TPSA) is 56.6 Å². The van der Waals surface area contributed by atoms with Gasteiger partial charge in [0.1, 0.15) is 11.6 Å². The number of aromatic amines is 1. The Kier molecular flexibility index (Phi) is 2.71. The third kappa shape index (κ3) is 1.87. The van der Waals surface area contributed by atoms with Crippen molar-refractivity contribution in [2.24, 2.45) is 0 Å². The lowest BCUT2D eigenvalue weighted by atomic mass is 10.1. The summed E-state index contributed by atoms with van der Waals surface area (Å²) >= 11 is 4.83. The molecule has 0 atom stereocenters. The summed E-state index contributed by atoms with van der Waals surface area (Å²) in [5.74, 6) is 0. The van der Waals surface area contributed by atoms with Gasteiger partial charge in [0.05, 0.1) is 0 Å². The van der Waals surface area contributed by atoms with Crippen LogP contribution >= 0.6 is 27.3 Å². The summed E-state index contributed by atoms with van der Waals surface area (Å²) in [6.45, 7) is 0. The minimum absolute atomic E-state index is 0.159. The molecular weight excluding hydrogens is 276 g/mol. The molecule has 0 radical (unpaired) electrons. The molecule has 74 valence electrons. The van der Waals surface area contributed by atoms with Gasteiger partial charge in [0.15, 0.2) is 0 Å². The summed E-state index contributed by atoms with van der Waals surface area (Å²) < 4.78 is 0.951. The van der Waals surface area contributed by atoms with Crippen LogP contribution in [0.2, 0.25) is 0 Å². The monoisotopic (exact) mass is 280 g/mol. The maximum Gasteiger partial charge on any atom is 0.266 e. The molecule has 0 saturated carbocycles. The third-order valence-corrected chi connectivity index (χ3v) is 3.63. The Morgan fingerprint density at radius 2 is 2.33 bits per heavy atom. The Bertz CT molecular complexity index is 594. The highest BCUT2D eigenvalue weighted by Gasteiger charge is 2.09. The molecular formula is C10H5BrN2OS. The summed E-state index contributed by atoms with van der Waals surface area (Å²) in [5, 5.41) is 10.8. The van der Waals surface area contributed by atoms with Gasteiger partial charge in [0, 0.05) is 26.5 Å². The molecule has 15 heavy (non-hydrogen) atoms. The number of hydrogen-bond donors (Lipinski definition) is 1. The second kappa shape index (κ2) is 4.01. The molecule has 5 heteroatoms. The van der Waals surface area contributed by atoms with Gasteiger partial charge in [-0.05, 0) is 28.1 Å². The third-order valence-electron chi connectivity index (χ3n) is 1.91. The van der Waals surface area contributed by atoms with Crippen molar-refractivity contribution in [3.8, 4) is 16.5 Å². The van der Waals surface area contributed by atoms with Gasteiger partial charge in [-0.1, -0.05) is 0 Å². The zero-order valence-electron chi connectivity index (χ0n) is 7.45. The molecule has 0 bridgehead atoms. The van der Waals surface area contributed by atoms with E-state index in [0.29, 0.717) is 5.56 Å². The van der Waals surface area contributed by atoms with Crippen molar-refractivity contribution in [3.63, 3.8) is 0 Å². The molecule has 0 fully saturated rings. The Morgan fingerprint density at radius 1 is 1.53 bits per heavy atom. The Labute approximate surface area is 98.1 Å². The van der Waals surface area contributed by atoms with Crippen molar-refractivity contribution in [3.05, 3.63) is 44.1 Å². The maximum absolute atomic E-state index is 11.4. The van der Waals surface area contributed by atoms with Crippen LogP contribution in [0.5, 0.6) is 0 Å². The van der Waals surface area contributed by atoms with Crippen LogP contribution in [0.25, 0.3) is 10.4 Å². The number of halogens is 1. The molecule has 0 saturated heterocycles. The lowest BCUT2D eigenvalue weighted by molar-refractivity contribution is 1.22. The van der Waals surface area contributed by atoms with E-state index in [4.69, 9.17) is 5.26 Å². The van der Waals surface area contributed by atoms with Gasteiger partial charge in [0.25, 0.3) is 5.56 Å². The average molecular weight is 281 g/mol. The van der Waals surface area contributed by atoms with Crippen molar-refractivity contribution >= 4 is 27.3 Å². The van der Waals surface area contributed by atoms with Gasteiger partial charge in [-0.15, -0.1) is 11.3 Å². The molecule has 1 N–H and O–H groups in total. The fourth-order valence-electron chi connectivity index (χ4n) is 1.25. The molecule has 2 rings (SSSR count). The van der Waals surface area contributed by atoms with Crippen LogP contribution in [0.1, 0.15) is 5.56 Å². The molecule has 0 spiro atoms. The summed E-state index contributed by atoms with van der Waals surface area (Å²) in [6, 6.07) is 5.54. The van der Waals surface area contributed by atoms with E-state index < -0.39 is 0 Å². The van der Waals surface area contributed by atoms with E-state index in [9.17, 15) is 4.79 Å². The highest BCUT2D eigenvalue weighted by atomic mass is 79.9. The van der Waals surface area contributed by atoms with Crippen molar-refractivity contribution in [1.82, 2.24) is 4.98 Å². The van der Waals surface area contributed by atoms with Crippen LogP contribution in [0, 0.1) is 11.3 Å². The Hall–Kier alpha value is -1.38. The van der Waals surface area contributed by atoms with Crippen LogP contribution in [0.3, 0.4) is 0 Å². The number of pyridine rings is 1. The lowest BCUT2D eigenvalue weighted by Crippen LogP contribution is -2.09. The fourth-order valence-corrected chi connectivity index (χ4v) is 2.71. The number of thiophene rings is 1. The van der Waals surface area contributed by atoms with E-state index in [1.165, 1.54) is 11.3 Å². The lowest BCUT2D eigenvalue weighted by Gasteiger charge is -1.97. The minimum Gasteiger partial charge on any atom is -0.328 e. The number of nitrogens with one attached hydrogen (secondary N) is 1. The summed E-state index contributed by atoms with van der Waals surface area (Å²) in [5.41, 5.74) is 0.489. The quantitative estimate of drug-likeness (QED) is 0.873. The van der Waals surface area contributed by atoms with Gasteiger partial charge in [-0.3, -0.25) is 4.79 Å². The average Bonchev–Trinajstić information content (AvgIpc) is 2.64. The standard InChI is InChI=1S/C10H5BrN2OS/c11-6-3-9(15-5-6)7-1-2-13-10(14)8(7)4-12/h1-3,5H,(H,13,14). The van der Waals surface area contributed by atoms with E-state index in [1.807, 2.05) is 17.5 Å². The van der Waals surface area contributed by atoms with Crippen LogP contribution in [0.15, 0.2) is 33.0 Å². The first-order chi connectivity index (χ1) is 7.22. The van der Waals surface area contributed by atoms with Gasteiger partial charge in [0.2, 0.25) is 0 Å². The number of rotatable bonds is 1. The van der Waals surface area contributed by atoms with Crippen LogP contribution in [0.4, 0.5) is 0 Å². The molecule has 2 aromatic rings. The molecule has 3 nitrogen and oxygen atoms in total. The molecule has 2 aromatic heterocycles. The number of H-pyrrole nitrogens is 1. The van der Waals surface area contributed by atoms with Crippen molar-refractivity contribution in [2.45, 2.75) is 0 Å². The van der Waals surface area contributed by atoms with Crippen LogP contribution in [-0.2, 0) is 0 Å². The Morgan fingerprint density at radius 3 is 2.93 bits per heavy atom. The molecule has 0 aromatic carbocycles. The first-order valence-electron chi connectivity index (χ1n) is 4.08. The van der Waals surface area contributed by atoms with E-state index in [2.05, 4.69) is 20.9 Å². The minimum atomic E-state index is -0.348. The van der Waals surface area contributed by atoms with E-state index in [1.54, 1.807) is 12.3 Å². The highest BCUT2D eigenvalue weighted by Crippen LogP contribution is 2.30. The van der Waals surface area contributed by atoms with E-state index in [-0.39, 0.29) is 11.1 Å². The van der Waals surface area contributed by atoms with E-state index >= 15 is 0 Å². The smallest absolute Gasteiger partial charge is 0.266 e. The second-order valence-corrected chi connectivity index (χ2v) is 4.66. The van der Waals surface area contributed by atoms with Crippen molar-refractivity contribution in [2.75, 3.05) is 0 Å². The van der Waals surface area contributed by atoms with Gasteiger partial charge in [-0.2, -0.15) is 5.26 Å². The predicted molar refractivity (Wildman–Crippen MR) is 62.8 cm³/mol. The predicted octanol–water partition coefficient (Wildman–Crippen LogP) is 2.74. The van der Waals surface area contributed by atoms with Gasteiger partial charge in [-0.25, -0.2) is 0 Å². The molecule has 2 heterocycles. The molecule has 0 aliphatic carbocycles.